The molecule has 0 radical (unpaired) electrons. The summed E-state index contributed by atoms with van der Waals surface area (Å²) in [6.45, 7) is 4.13. The fourth-order valence-corrected chi connectivity index (χ4v) is 3.34. The van der Waals surface area contributed by atoms with Crippen LogP contribution in [0.25, 0.3) is 10.8 Å². The molecule has 0 heterocycles. The van der Waals surface area contributed by atoms with Gasteiger partial charge in [0.2, 0.25) is 0 Å². The van der Waals surface area contributed by atoms with Crippen molar-refractivity contribution < 1.29 is 9.90 Å². The minimum atomic E-state index is 0.0195. The standard InChI is InChI=1S/C22H25NO2/c1-3-15(2)23-19(22-20(24)12-7-13-21(22)25)14-17-10-6-9-16-8-4-5-11-18(16)17/h4-6,8-11,15,24H,3,7,12-14H2,1-2H3. The molecular formula is C22H25NO2. The van der Waals surface area contributed by atoms with Crippen LogP contribution in [0, 0.1) is 0 Å². The third-order valence-electron chi connectivity index (χ3n) is 4.88. The lowest BCUT2D eigenvalue weighted by atomic mass is 9.89. The molecule has 1 unspecified atom stereocenters. The molecule has 2 aromatic carbocycles. The fourth-order valence-electron chi connectivity index (χ4n) is 3.34. The number of carbonyl (C=O) groups excluding carboxylic acids is 1. The summed E-state index contributed by atoms with van der Waals surface area (Å²) in [7, 11) is 0. The Morgan fingerprint density at radius 2 is 1.92 bits per heavy atom. The van der Waals surface area contributed by atoms with E-state index < -0.39 is 0 Å². The molecule has 0 bridgehead atoms. The number of aliphatic imine (C=N–C) groups is 1. The van der Waals surface area contributed by atoms with E-state index in [1.807, 2.05) is 25.1 Å². The number of aliphatic hydroxyl groups is 1. The quantitative estimate of drug-likeness (QED) is 0.765. The van der Waals surface area contributed by atoms with Crippen molar-refractivity contribution in [3.8, 4) is 0 Å². The molecule has 0 aromatic heterocycles. The van der Waals surface area contributed by atoms with Crippen LogP contribution in [0.4, 0.5) is 0 Å². The highest BCUT2D eigenvalue weighted by Gasteiger charge is 2.25. The second-order valence-corrected chi connectivity index (χ2v) is 6.75. The molecule has 0 spiro atoms. The van der Waals surface area contributed by atoms with Crippen LogP contribution in [-0.2, 0) is 11.2 Å². The van der Waals surface area contributed by atoms with Crippen LogP contribution in [0.5, 0.6) is 0 Å². The van der Waals surface area contributed by atoms with Crippen molar-refractivity contribution >= 4 is 22.3 Å². The maximum Gasteiger partial charge on any atom is 0.168 e. The average molecular weight is 335 g/mol. The van der Waals surface area contributed by atoms with Crippen molar-refractivity contribution in [1.82, 2.24) is 0 Å². The largest absolute Gasteiger partial charge is 0.511 e. The fraction of sp³-hybridized carbons (Fsp3) is 0.364. The van der Waals surface area contributed by atoms with Crippen molar-refractivity contribution in [3.63, 3.8) is 0 Å². The summed E-state index contributed by atoms with van der Waals surface area (Å²) in [4.78, 5) is 17.3. The molecule has 25 heavy (non-hydrogen) atoms. The van der Waals surface area contributed by atoms with E-state index in [2.05, 4.69) is 31.2 Å². The van der Waals surface area contributed by atoms with Gasteiger partial charge in [0.25, 0.3) is 0 Å². The Labute approximate surface area is 149 Å². The van der Waals surface area contributed by atoms with Crippen molar-refractivity contribution in [2.75, 3.05) is 0 Å². The van der Waals surface area contributed by atoms with Crippen LogP contribution in [0.2, 0.25) is 0 Å². The molecule has 0 saturated carbocycles. The number of hydrogen-bond donors (Lipinski definition) is 1. The van der Waals surface area contributed by atoms with E-state index in [0.29, 0.717) is 24.8 Å². The Morgan fingerprint density at radius 1 is 1.16 bits per heavy atom. The molecule has 130 valence electrons. The first kappa shape index (κ1) is 17.4. The van der Waals surface area contributed by atoms with E-state index in [0.717, 1.165) is 24.1 Å². The maximum atomic E-state index is 12.5. The Balaban J connectivity index is 2.07. The zero-order valence-electron chi connectivity index (χ0n) is 15.0. The first-order chi connectivity index (χ1) is 12.1. The molecule has 3 heteroatoms. The summed E-state index contributed by atoms with van der Waals surface area (Å²) in [5, 5.41) is 12.7. The van der Waals surface area contributed by atoms with E-state index in [4.69, 9.17) is 4.99 Å². The van der Waals surface area contributed by atoms with Gasteiger partial charge in [0, 0.05) is 25.3 Å². The second kappa shape index (κ2) is 7.64. The highest BCUT2D eigenvalue weighted by Crippen LogP contribution is 2.26. The smallest absolute Gasteiger partial charge is 0.168 e. The van der Waals surface area contributed by atoms with Crippen molar-refractivity contribution in [2.24, 2.45) is 4.99 Å². The Morgan fingerprint density at radius 3 is 2.68 bits per heavy atom. The highest BCUT2D eigenvalue weighted by molar-refractivity contribution is 6.24. The monoisotopic (exact) mass is 335 g/mol. The van der Waals surface area contributed by atoms with Gasteiger partial charge in [-0.15, -0.1) is 0 Å². The number of rotatable bonds is 5. The van der Waals surface area contributed by atoms with Gasteiger partial charge in [0.1, 0.15) is 5.76 Å². The van der Waals surface area contributed by atoms with Gasteiger partial charge in [0.15, 0.2) is 5.78 Å². The first-order valence-electron chi connectivity index (χ1n) is 9.09. The van der Waals surface area contributed by atoms with Gasteiger partial charge >= 0.3 is 0 Å². The summed E-state index contributed by atoms with van der Waals surface area (Å²) in [5.41, 5.74) is 2.33. The number of allylic oxidation sites excluding steroid dienone is 2. The van der Waals surface area contributed by atoms with Crippen molar-refractivity contribution in [1.29, 1.82) is 0 Å². The zero-order chi connectivity index (χ0) is 17.8. The Hall–Kier alpha value is -2.42. The highest BCUT2D eigenvalue weighted by atomic mass is 16.3. The van der Waals surface area contributed by atoms with Gasteiger partial charge in [-0.05, 0) is 36.1 Å². The number of Topliss-reactive ketones (excluding diaryl/α,β-unsaturated/α-hetero) is 1. The minimum absolute atomic E-state index is 0.0195. The average Bonchev–Trinajstić information content (AvgIpc) is 2.61. The summed E-state index contributed by atoms with van der Waals surface area (Å²) in [6.07, 6.45) is 3.25. The van der Waals surface area contributed by atoms with Crippen LogP contribution < -0.4 is 0 Å². The predicted octanol–water partition coefficient (Wildman–Crippen LogP) is 5.19. The molecule has 0 fully saturated rings. The van der Waals surface area contributed by atoms with Gasteiger partial charge in [-0.2, -0.15) is 0 Å². The van der Waals surface area contributed by atoms with Crippen LogP contribution in [0.3, 0.4) is 0 Å². The molecule has 1 aliphatic carbocycles. The lowest BCUT2D eigenvalue weighted by Gasteiger charge is -2.19. The lowest BCUT2D eigenvalue weighted by Crippen LogP contribution is -2.22. The molecule has 1 atom stereocenters. The van der Waals surface area contributed by atoms with Crippen LogP contribution in [-0.4, -0.2) is 22.6 Å². The van der Waals surface area contributed by atoms with Crippen LogP contribution >= 0.6 is 0 Å². The number of aliphatic hydroxyl groups excluding tert-OH is 1. The molecule has 3 nitrogen and oxygen atoms in total. The molecule has 2 aromatic rings. The van der Waals surface area contributed by atoms with Gasteiger partial charge in [-0.25, -0.2) is 0 Å². The molecule has 3 rings (SSSR count). The number of nitrogens with zero attached hydrogens (tertiary/aromatic N) is 1. The van der Waals surface area contributed by atoms with Gasteiger partial charge in [0.05, 0.1) is 11.3 Å². The molecule has 1 N–H and O–H groups in total. The van der Waals surface area contributed by atoms with E-state index in [1.54, 1.807) is 0 Å². The number of fused-ring (bicyclic) bond motifs is 1. The second-order valence-electron chi connectivity index (χ2n) is 6.75. The van der Waals surface area contributed by atoms with Crippen LogP contribution in [0.15, 0.2) is 58.8 Å². The third kappa shape index (κ3) is 3.81. The SMILES string of the molecule is CCC(C)N=C(Cc1cccc2ccccc12)C1=C(O)CCCC1=O. The molecule has 1 aliphatic rings. The van der Waals surface area contributed by atoms with Crippen molar-refractivity contribution in [3.05, 3.63) is 59.4 Å². The van der Waals surface area contributed by atoms with E-state index in [-0.39, 0.29) is 17.6 Å². The summed E-state index contributed by atoms with van der Waals surface area (Å²) in [6, 6.07) is 14.6. The number of hydrogen-bond acceptors (Lipinski definition) is 3. The van der Waals surface area contributed by atoms with Gasteiger partial charge < -0.3 is 5.11 Å². The van der Waals surface area contributed by atoms with Gasteiger partial charge in [-0.3, -0.25) is 9.79 Å². The predicted molar refractivity (Wildman–Crippen MR) is 103 cm³/mol. The topological polar surface area (TPSA) is 49.7 Å². The van der Waals surface area contributed by atoms with E-state index >= 15 is 0 Å². The van der Waals surface area contributed by atoms with E-state index in [1.165, 1.54) is 10.8 Å². The minimum Gasteiger partial charge on any atom is -0.511 e. The zero-order valence-corrected chi connectivity index (χ0v) is 15.0. The van der Waals surface area contributed by atoms with E-state index in [9.17, 15) is 9.90 Å². The summed E-state index contributed by atoms with van der Waals surface area (Å²) >= 11 is 0. The lowest BCUT2D eigenvalue weighted by molar-refractivity contribution is -0.115. The van der Waals surface area contributed by atoms with Gasteiger partial charge in [-0.1, -0.05) is 49.4 Å². The summed E-state index contributed by atoms with van der Waals surface area (Å²) in [5.74, 6) is 0.226. The third-order valence-corrected chi connectivity index (χ3v) is 4.88. The molecular weight excluding hydrogens is 310 g/mol. The summed E-state index contributed by atoms with van der Waals surface area (Å²) < 4.78 is 0. The number of benzene rings is 2. The van der Waals surface area contributed by atoms with Crippen molar-refractivity contribution in [2.45, 2.75) is 52.0 Å². The maximum absolute atomic E-state index is 12.5. The molecule has 0 saturated heterocycles. The Kier molecular flexibility index (Phi) is 5.32. The molecule has 0 aliphatic heterocycles. The molecule has 0 amide bonds. The number of ketones is 1. The first-order valence-corrected chi connectivity index (χ1v) is 9.09. The van der Waals surface area contributed by atoms with Crippen LogP contribution in [0.1, 0.15) is 45.1 Å². The normalized spacial score (nSPS) is 17.2. The number of carbonyl (C=O) groups is 1. The Bertz CT molecular complexity index is 843.